The van der Waals surface area contributed by atoms with E-state index in [0.29, 0.717) is 23.6 Å². The van der Waals surface area contributed by atoms with Crippen LogP contribution in [0.4, 0.5) is 5.69 Å². The molecule has 0 aliphatic rings. The van der Waals surface area contributed by atoms with E-state index in [4.69, 9.17) is 21.7 Å². The lowest BCUT2D eigenvalue weighted by Crippen LogP contribution is -2.34. The summed E-state index contributed by atoms with van der Waals surface area (Å²) in [6, 6.07) is 5.30. The minimum absolute atomic E-state index is 0.0863. The zero-order valence-electron chi connectivity index (χ0n) is 12.0. The van der Waals surface area contributed by atoms with Crippen LogP contribution in [0.3, 0.4) is 0 Å². The Morgan fingerprint density at radius 3 is 2.65 bits per heavy atom. The molecule has 1 aromatic carbocycles. The van der Waals surface area contributed by atoms with Gasteiger partial charge in [-0.05, 0) is 30.8 Å². The van der Waals surface area contributed by atoms with Crippen molar-refractivity contribution in [3.05, 3.63) is 18.2 Å². The van der Waals surface area contributed by atoms with E-state index in [0.717, 1.165) is 12.8 Å². The first-order chi connectivity index (χ1) is 9.60. The largest absolute Gasteiger partial charge is 0.497 e. The van der Waals surface area contributed by atoms with E-state index < -0.39 is 0 Å². The van der Waals surface area contributed by atoms with E-state index in [1.807, 2.05) is 6.92 Å². The molecule has 1 aromatic rings. The molecule has 0 aliphatic heterocycles. The van der Waals surface area contributed by atoms with Gasteiger partial charge in [0.05, 0.1) is 19.9 Å². The lowest BCUT2D eigenvalue weighted by atomic mass is 10.2. The van der Waals surface area contributed by atoms with Crippen LogP contribution in [0.25, 0.3) is 0 Å². The number of anilines is 1. The van der Waals surface area contributed by atoms with Crippen molar-refractivity contribution >= 4 is 28.9 Å². The van der Waals surface area contributed by atoms with Crippen LogP contribution in [-0.2, 0) is 4.79 Å². The smallest absolute Gasteiger partial charge is 0.226 e. The maximum atomic E-state index is 11.6. The Labute approximate surface area is 124 Å². The molecule has 0 bridgehead atoms. The van der Waals surface area contributed by atoms with Gasteiger partial charge in [0.2, 0.25) is 5.91 Å². The van der Waals surface area contributed by atoms with Gasteiger partial charge < -0.3 is 20.1 Å². The molecule has 0 atom stereocenters. The molecular formula is C14H20N2O3S. The fraction of sp³-hybridized carbons (Fsp3) is 0.429. The van der Waals surface area contributed by atoms with Crippen molar-refractivity contribution in [2.45, 2.75) is 26.2 Å². The second kappa shape index (κ2) is 8.37. The first-order valence-corrected chi connectivity index (χ1v) is 6.84. The zero-order chi connectivity index (χ0) is 15.0. The van der Waals surface area contributed by atoms with Crippen LogP contribution in [0.2, 0.25) is 0 Å². The number of rotatable bonds is 6. The minimum atomic E-state index is -0.0863. The number of carbonyl (C=O) groups excluding carboxylic acids is 1. The van der Waals surface area contributed by atoms with E-state index in [-0.39, 0.29) is 11.0 Å². The summed E-state index contributed by atoms with van der Waals surface area (Å²) in [5.74, 6) is 1.19. The quantitative estimate of drug-likeness (QED) is 0.790. The molecule has 0 unspecified atom stereocenters. The number of benzene rings is 1. The second-order valence-electron chi connectivity index (χ2n) is 4.17. The van der Waals surface area contributed by atoms with Crippen molar-refractivity contribution in [3.63, 3.8) is 0 Å². The number of methoxy groups -OCH3 is 2. The number of hydrogen-bond donors (Lipinski definition) is 2. The number of carbonyl (C=O) groups is 1. The lowest BCUT2D eigenvalue weighted by molar-refractivity contribution is -0.119. The SMILES string of the molecule is CCCCC(=O)NC(=S)Nc1ccc(OC)cc1OC. The van der Waals surface area contributed by atoms with Crippen LogP contribution in [0.15, 0.2) is 18.2 Å². The van der Waals surface area contributed by atoms with Crippen LogP contribution in [0, 0.1) is 0 Å². The summed E-state index contributed by atoms with van der Waals surface area (Å²) >= 11 is 5.10. The number of nitrogens with one attached hydrogen (secondary N) is 2. The van der Waals surface area contributed by atoms with Gasteiger partial charge in [-0.1, -0.05) is 13.3 Å². The predicted octanol–water partition coefficient (Wildman–Crippen LogP) is 2.71. The summed E-state index contributed by atoms with van der Waals surface area (Å²) in [7, 11) is 3.14. The summed E-state index contributed by atoms with van der Waals surface area (Å²) in [6.45, 7) is 2.03. The number of ether oxygens (including phenoxy) is 2. The third-order valence-electron chi connectivity index (χ3n) is 2.67. The van der Waals surface area contributed by atoms with Gasteiger partial charge >= 0.3 is 0 Å². The first-order valence-electron chi connectivity index (χ1n) is 6.43. The van der Waals surface area contributed by atoms with E-state index in [1.165, 1.54) is 0 Å². The average molecular weight is 296 g/mol. The Kier molecular flexibility index (Phi) is 6.79. The van der Waals surface area contributed by atoms with Crippen LogP contribution in [0.1, 0.15) is 26.2 Å². The number of thiocarbonyl (C=S) groups is 1. The van der Waals surface area contributed by atoms with Gasteiger partial charge in [0, 0.05) is 12.5 Å². The van der Waals surface area contributed by atoms with E-state index in [2.05, 4.69) is 10.6 Å². The maximum absolute atomic E-state index is 11.6. The second-order valence-corrected chi connectivity index (χ2v) is 4.58. The Balaban J connectivity index is 2.63. The molecular weight excluding hydrogens is 276 g/mol. The van der Waals surface area contributed by atoms with Gasteiger partial charge in [0.1, 0.15) is 11.5 Å². The normalized spacial score (nSPS) is 9.75. The van der Waals surface area contributed by atoms with E-state index in [1.54, 1.807) is 32.4 Å². The number of hydrogen-bond acceptors (Lipinski definition) is 4. The van der Waals surface area contributed by atoms with Crippen molar-refractivity contribution < 1.29 is 14.3 Å². The molecule has 0 heterocycles. The van der Waals surface area contributed by atoms with Crippen LogP contribution < -0.4 is 20.1 Å². The predicted molar refractivity (Wildman–Crippen MR) is 83.4 cm³/mol. The Morgan fingerprint density at radius 2 is 2.05 bits per heavy atom. The van der Waals surface area contributed by atoms with E-state index in [9.17, 15) is 4.79 Å². The Bertz CT molecular complexity index is 477. The highest BCUT2D eigenvalue weighted by Gasteiger charge is 2.08. The van der Waals surface area contributed by atoms with Crippen LogP contribution >= 0.6 is 12.2 Å². The molecule has 0 aromatic heterocycles. The molecule has 0 fully saturated rings. The zero-order valence-corrected chi connectivity index (χ0v) is 12.8. The van der Waals surface area contributed by atoms with Gasteiger partial charge in [-0.2, -0.15) is 0 Å². The van der Waals surface area contributed by atoms with Crippen molar-refractivity contribution in [1.29, 1.82) is 0 Å². The molecule has 0 spiro atoms. The number of unbranched alkanes of at least 4 members (excludes halogenated alkanes) is 1. The molecule has 0 saturated heterocycles. The van der Waals surface area contributed by atoms with Gasteiger partial charge in [-0.3, -0.25) is 4.79 Å². The van der Waals surface area contributed by atoms with E-state index >= 15 is 0 Å². The topological polar surface area (TPSA) is 59.6 Å². The summed E-state index contributed by atoms with van der Waals surface area (Å²) in [4.78, 5) is 11.6. The van der Waals surface area contributed by atoms with Crippen molar-refractivity contribution in [2.24, 2.45) is 0 Å². The monoisotopic (exact) mass is 296 g/mol. The molecule has 0 saturated carbocycles. The van der Waals surface area contributed by atoms with Gasteiger partial charge in [0.25, 0.3) is 0 Å². The minimum Gasteiger partial charge on any atom is -0.497 e. The van der Waals surface area contributed by atoms with Gasteiger partial charge in [-0.15, -0.1) is 0 Å². The molecule has 20 heavy (non-hydrogen) atoms. The summed E-state index contributed by atoms with van der Waals surface area (Å²) in [6.07, 6.45) is 2.29. The van der Waals surface area contributed by atoms with Gasteiger partial charge in [0.15, 0.2) is 5.11 Å². The maximum Gasteiger partial charge on any atom is 0.226 e. The lowest BCUT2D eigenvalue weighted by Gasteiger charge is -2.13. The highest BCUT2D eigenvalue weighted by molar-refractivity contribution is 7.80. The van der Waals surface area contributed by atoms with Crippen LogP contribution in [-0.4, -0.2) is 25.2 Å². The molecule has 5 nitrogen and oxygen atoms in total. The molecule has 1 amide bonds. The summed E-state index contributed by atoms with van der Waals surface area (Å²) in [5.41, 5.74) is 0.675. The standard InChI is InChI=1S/C14H20N2O3S/c1-4-5-6-13(17)16-14(20)15-11-8-7-10(18-2)9-12(11)19-3/h7-9H,4-6H2,1-3H3,(H2,15,16,17,20). The molecule has 1 rings (SSSR count). The fourth-order valence-corrected chi connectivity index (χ4v) is 1.81. The highest BCUT2D eigenvalue weighted by Crippen LogP contribution is 2.28. The van der Waals surface area contributed by atoms with Crippen LogP contribution in [0.5, 0.6) is 11.5 Å². The third-order valence-corrected chi connectivity index (χ3v) is 2.87. The molecule has 6 heteroatoms. The highest BCUT2D eigenvalue weighted by atomic mass is 32.1. The number of amides is 1. The fourth-order valence-electron chi connectivity index (χ4n) is 1.58. The Hall–Kier alpha value is -1.82. The first kappa shape index (κ1) is 16.2. The summed E-state index contributed by atoms with van der Waals surface area (Å²) in [5, 5.41) is 5.84. The summed E-state index contributed by atoms with van der Waals surface area (Å²) < 4.78 is 10.4. The molecule has 110 valence electrons. The van der Waals surface area contributed by atoms with Crippen molar-refractivity contribution in [1.82, 2.24) is 5.32 Å². The average Bonchev–Trinajstić information content (AvgIpc) is 2.45. The molecule has 0 aliphatic carbocycles. The van der Waals surface area contributed by atoms with Gasteiger partial charge in [-0.25, -0.2) is 0 Å². The Morgan fingerprint density at radius 1 is 1.30 bits per heavy atom. The molecule has 0 radical (unpaired) electrons. The third kappa shape index (κ3) is 5.05. The molecule has 2 N–H and O–H groups in total. The van der Waals surface area contributed by atoms with Crippen molar-refractivity contribution in [2.75, 3.05) is 19.5 Å². The van der Waals surface area contributed by atoms with Crippen molar-refractivity contribution in [3.8, 4) is 11.5 Å².